The lowest BCUT2D eigenvalue weighted by Gasteiger charge is -2.35. The Morgan fingerprint density at radius 1 is 1.29 bits per heavy atom. The fraction of sp³-hybridized carbons (Fsp3) is 0.500. The van der Waals surface area contributed by atoms with E-state index >= 15 is 0 Å². The van der Waals surface area contributed by atoms with E-state index in [1.165, 1.54) is 5.56 Å². The fourth-order valence-electron chi connectivity index (χ4n) is 2.75. The van der Waals surface area contributed by atoms with Crippen molar-refractivity contribution in [3.8, 4) is 5.75 Å². The predicted octanol–water partition coefficient (Wildman–Crippen LogP) is 3.45. The van der Waals surface area contributed by atoms with Crippen LogP contribution in [-0.2, 0) is 0 Å². The van der Waals surface area contributed by atoms with Gasteiger partial charge in [-0.05, 0) is 18.9 Å². The van der Waals surface area contributed by atoms with Crippen LogP contribution >= 0.6 is 24.8 Å². The Balaban J connectivity index is 0.00000200. The van der Waals surface area contributed by atoms with Crippen molar-refractivity contribution in [1.29, 1.82) is 0 Å². The number of benzene rings is 1. The zero-order valence-corrected chi connectivity index (χ0v) is 14.2. The van der Waals surface area contributed by atoms with Crippen LogP contribution in [-0.4, -0.2) is 38.2 Å². The lowest BCUT2D eigenvalue weighted by molar-refractivity contribution is 0.163. The van der Waals surface area contributed by atoms with Crippen molar-refractivity contribution in [3.05, 3.63) is 42.5 Å². The van der Waals surface area contributed by atoms with Crippen LogP contribution in [0.4, 0.5) is 0 Å². The number of piperazine rings is 1. The van der Waals surface area contributed by atoms with Gasteiger partial charge in [-0.1, -0.05) is 24.3 Å². The topological polar surface area (TPSA) is 24.5 Å². The van der Waals surface area contributed by atoms with E-state index in [9.17, 15) is 0 Å². The van der Waals surface area contributed by atoms with Crippen LogP contribution in [0.25, 0.3) is 0 Å². The largest absolute Gasteiger partial charge is 0.496 e. The third-order valence-electron chi connectivity index (χ3n) is 3.73. The SMILES string of the molecule is C=CCC[C@@H](c1ccccc1OC)N1CCNCC1.Cl.Cl. The van der Waals surface area contributed by atoms with Gasteiger partial charge >= 0.3 is 0 Å². The van der Waals surface area contributed by atoms with Crippen molar-refractivity contribution in [3.63, 3.8) is 0 Å². The molecule has 0 amide bonds. The number of para-hydroxylation sites is 1. The van der Waals surface area contributed by atoms with Gasteiger partial charge in [0.15, 0.2) is 0 Å². The number of nitrogens with zero attached hydrogens (tertiary/aromatic N) is 1. The van der Waals surface area contributed by atoms with Crippen LogP contribution in [0.3, 0.4) is 0 Å². The Morgan fingerprint density at radius 3 is 2.57 bits per heavy atom. The van der Waals surface area contributed by atoms with Gasteiger partial charge in [0.25, 0.3) is 0 Å². The Bertz CT molecular complexity index is 409. The van der Waals surface area contributed by atoms with E-state index in [2.05, 4.69) is 35.0 Å². The zero-order valence-electron chi connectivity index (χ0n) is 12.6. The molecule has 5 heteroatoms. The van der Waals surface area contributed by atoms with Crippen molar-refractivity contribution >= 4 is 24.8 Å². The highest BCUT2D eigenvalue weighted by molar-refractivity contribution is 5.85. The molecular formula is C16H26Cl2N2O. The molecule has 1 aliphatic heterocycles. The molecule has 1 aromatic carbocycles. The monoisotopic (exact) mass is 332 g/mol. The maximum atomic E-state index is 5.53. The summed E-state index contributed by atoms with van der Waals surface area (Å²) in [5, 5.41) is 3.41. The van der Waals surface area contributed by atoms with Crippen molar-refractivity contribution in [2.24, 2.45) is 0 Å². The highest BCUT2D eigenvalue weighted by atomic mass is 35.5. The van der Waals surface area contributed by atoms with E-state index in [1.807, 2.05) is 12.1 Å². The third-order valence-corrected chi connectivity index (χ3v) is 3.73. The number of halogens is 2. The average molecular weight is 333 g/mol. The van der Waals surface area contributed by atoms with Crippen LogP contribution < -0.4 is 10.1 Å². The molecule has 1 atom stereocenters. The van der Waals surface area contributed by atoms with Gasteiger partial charge in [0.1, 0.15) is 5.75 Å². The van der Waals surface area contributed by atoms with Gasteiger partial charge in [0, 0.05) is 37.8 Å². The molecule has 1 fully saturated rings. The molecule has 21 heavy (non-hydrogen) atoms. The standard InChI is InChI=1S/C16H24N2O.2ClH/c1-3-4-8-15(18-12-10-17-11-13-18)14-7-5-6-9-16(14)19-2;;/h3,5-7,9,15,17H,1,4,8,10-13H2,2H3;2*1H/t15-;;/m0../s1. The first-order valence-corrected chi connectivity index (χ1v) is 7.05. The number of nitrogens with one attached hydrogen (secondary N) is 1. The second-order valence-corrected chi connectivity index (χ2v) is 4.91. The number of methoxy groups -OCH3 is 1. The molecule has 0 bridgehead atoms. The zero-order chi connectivity index (χ0) is 13.5. The second kappa shape index (κ2) is 10.9. The molecule has 2 rings (SSSR count). The lowest BCUT2D eigenvalue weighted by atomic mass is 9.98. The molecular weight excluding hydrogens is 307 g/mol. The molecule has 0 aromatic heterocycles. The van der Waals surface area contributed by atoms with Gasteiger partial charge in [-0.15, -0.1) is 31.4 Å². The van der Waals surface area contributed by atoms with Crippen LogP contribution in [0, 0.1) is 0 Å². The molecule has 0 radical (unpaired) electrons. The van der Waals surface area contributed by atoms with Crippen molar-refractivity contribution in [1.82, 2.24) is 10.2 Å². The molecule has 1 heterocycles. The summed E-state index contributed by atoms with van der Waals surface area (Å²) < 4.78 is 5.53. The molecule has 0 unspecified atom stereocenters. The van der Waals surface area contributed by atoms with Crippen molar-refractivity contribution < 1.29 is 4.74 Å². The Hall–Kier alpha value is -0.740. The number of rotatable bonds is 6. The Labute approximate surface area is 140 Å². The fourth-order valence-corrected chi connectivity index (χ4v) is 2.75. The number of hydrogen-bond acceptors (Lipinski definition) is 3. The quantitative estimate of drug-likeness (QED) is 0.807. The summed E-state index contributed by atoms with van der Waals surface area (Å²) in [7, 11) is 1.75. The molecule has 1 aliphatic rings. The summed E-state index contributed by atoms with van der Waals surface area (Å²) in [6.45, 7) is 8.18. The van der Waals surface area contributed by atoms with E-state index in [0.717, 1.165) is 44.8 Å². The average Bonchev–Trinajstić information content (AvgIpc) is 2.49. The van der Waals surface area contributed by atoms with Gasteiger partial charge in [-0.2, -0.15) is 0 Å². The van der Waals surface area contributed by atoms with Gasteiger partial charge in [-0.3, -0.25) is 4.90 Å². The van der Waals surface area contributed by atoms with Crippen LogP contribution in [0.15, 0.2) is 36.9 Å². The molecule has 1 saturated heterocycles. The minimum absolute atomic E-state index is 0. The molecule has 3 nitrogen and oxygen atoms in total. The van der Waals surface area contributed by atoms with Crippen LogP contribution in [0.1, 0.15) is 24.4 Å². The summed E-state index contributed by atoms with van der Waals surface area (Å²) in [6.07, 6.45) is 4.14. The minimum Gasteiger partial charge on any atom is -0.496 e. The van der Waals surface area contributed by atoms with Crippen molar-refractivity contribution in [2.75, 3.05) is 33.3 Å². The first-order valence-electron chi connectivity index (χ1n) is 7.05. The van der Waals surface area contributed by atoms with E-state index in [4.69, 9.17) is 4.74 Å². The Kier molecular flexibility index (Phi) is 10.5. The summed E-state index contributed by atoms with van der Waals surface area (Å²) in [5.74, 6) is 0.995. The van der Waals surface area contributed by atoms with E-state index in [1.54, 1.807) is 7.11 Å². The summed E-state index contributed by atoms with van der Waals surface area (Å²) in [6, 6.07) is 8.80. The van der Waals surface area contributed by atoms with Crippen molar-refractivity contribution in [2.45, 2.75) is 18.9 Å². The van der Waals surface area contributed by atoms with E-state index < -0.39 is 0 Å². The summed E-state index contributed by atoms with van der Waals surface area (Å²) in [5.41, 5.74) is 1.30. The maximum absolute atomic E-state index is 5.53. The molecule has 1 aromatic rings. The Morgan fingerprint density at radius 2 is 1.95 bits per heavy atom. The normalized spacial score (nSPS) is 16.2. The summed E-state index contributed by atoms with van der Waals surface area (Å²) >= 11 is 0. The molecule has 120 valence electrons. The van der Waals surface area contributed by atoms with E-state index in [-0.39, 0.29) is 24.8 Å². The molecule has 0 saturated carbocycles. The molecule has 0 spiro atoms. The number of ether oxygens (including phenoxy) is 1. The highest BCUT2D eigenvalue weighted by Gasteiger charge is 2.23. The van der Waals surface area contributed by atoms with Gasteiger partial charge in [0.05, 0.1) is 7.11 Å². The molecule has 0 aliphatic carbocycles. The lowest BCUT2D eigenvalue weighted by Crippen LogP contribution is -2.45. The number of hydrogen-bond donors (Lipinski definition) is 1. The second-order valence-electron chi connectivity index (χ2n) is 4.91. The molecule has 1 N–H and O–H groups in total. The van der Waals surface area contributed by atoms with Crippen LogP contribution in [0.5, 0.6) is 5.75 Å². The van der Waals surface area contributed by atoms with E-state index in [0.29, 0.717) is 6.04 Å². The number of allylic oxidation sites excluding steroid dienone is 1. The maximum Gasteiger partial charge on any atom is 0.123 e. The third kappa shape index (κ3) is 5.51. The predicted molar refractivity (Wildman–Crippen MR) is 94.1 cm³/mol. The first kappa shape index (κ1) is 20.3. The summed E-state index contributed by atoms with van der Waals surface area (Å²) in [4.78, 5) is 2.55. The minimum atomic E-state index is 0. The smallest absolute Gasteiger partial charge is 0.123 e. The van der Waals surface area contributed by atoms with Gasteiger partial charge < -0.3 is 10.1 Å². The van der Waals surface area contributed by atoms with Crippen LogP contribution in [0.2, 0.25) is 0 Å². The first-order chi connectivity index (χ1) is 9.36. The highest BCUT2D eigenvalue weighted by Crippen LogP contribution is 2.32. The van der Waals surface area contributed by atoms with Gasteiger partial charge in [0.2, 0.25) is 0 Å². The van der Waals surface area contributed by atoms with Gasteiger partial charge in [-0.25, -0.2) is 0 Å².